The summed E-state index contributed by atoms with van der Waals surface area (Å²) in [4.78, 5) is 52.5. The Bertz CT molecular complexity index is 1020. The summed E-state index contributed by atoms with van der Waals surface area (Å²) in [6.07, 6.45) is 1.99. The van der Waals surface area contributed by atoms with Gasteiger partial charge in [0.05, 0.1) is 5.92 Å². The molecule has 7 heteroatoms. The zero-order valence-electron chi connectivity index (χ0n) is 18.5. The first-order valence-corrected chi connectivity index (χ1v) is 11.4. The summed E-state index contributed by atoms with van der Waals surface area (Å²) in [5.41, 5.74) is 7.36. The molecule has 172 valence electrons. The molecule has 3 amide bonds. The number of primary amides is 1. The summed E-state index contributed by atoms with van der Waals surface area (Å²) in [5.74, 6) is -1.85. The molecule has 7 nitrogen and oxygen atoms in total. The summed E-state index contributed by atoms with van der Waals surface area (Å²) in [7, 11) is 0. The highest BCUT2D eigenvalue weighted by atomic mass is 16.2. The van der Waals surface area contributed by atoms with Crippen LogP contribution in [0.4, 0.5) is 0 Å². The molecular formula is C26H29N3O4. The molecule has 0 unspecified atom stereocenters. The number of Topliss-reactive ketones (excluding diaryl/α,β-unsaturated/α-hetero) is 1. The first kappa shape index (κ1) is 22.7. The smallest absolute Gasteiger partial charge is 0.246 e. The number of benzene rings is 2. The van der Waals surface area contributed by atoms with Crippen molar-refractivity contribution in [3.63, 3.8) is 0 Å². The van der Waals surface area contributed by atoms with Gasteiger partial charge in [-0.15, -0.1) is 0 Å². The molecule has 1 aliphatic carbocycles. The van der Waals surface area contributed by atoms with Crippen LogP contribution in [-0.4, -0.2) is 47.0 Å². The van der Waals surface area contributed by atoms with E-state index in [9.17, 15) is 19.2 Å². The predicted molar refractivity (Wildman–Crippen MR) is 123 cm³/mol. The molecule has 0 spiro atoms. The zero-order valence-corrected chi connectivity index (χ0v) is 18.5. The highest BCUT2D eigenvalue weighted by Crippen LogP contribution is 2.38. The number of carbonyl (C=O) groups is 4. The molecule has 1 heterocycles. The van der Waals surface area contributed by atoms with Gasteiger partial charge in [-0.2, -0.15) is 0 Å². The fourth-order valence-electron chi connectivity index (χ4n) is 5.04. The zero-order chi connectivity index (χ0) is 23.4. The van der Waals surface area contributed by atoms with Crippen molar-refractivity contribution >= 4 is 23.5 Å². The number of rotatable bonds is 7. The number of carbonyl (C=O) groups excluding carboxylic acids is 4. The molecule has 1 saturated heterocycles. The van der Waals surface area contributed by atoms with Crippen molar-refractivity contribution in [3.05, 3.63) is 71.8 Å². The molecule has 2 fully saturated rings. The largest absolute Gasteiger partial charge is 0.368 e. The molecule has 0 bridgehead atoms. The molecule has 0 aromatic heterocycles. The topological polar surface area (TPSA) is 110 Å². The molecule has 2 aliphatic rings. The number of nitrogens with one attached hydrogen (secondary N) is 1. The van der Waals surface area contributed by atoms with Crippen LogP contribution in [0, 0.1) is 5.92 Å². The van der Waals surface area contributed by atoms with Crippen molar-refractivity contribution in [1.29, 1.82) is 0 Å². The number of amides is 3. The Morgan fingerprint density at radius 1 is 1.00 bits per heavy atom. The van der Waals surface area contributed by atoms with Crippen LogP contribution in [0.15, 0.2) is 60.7 Å². The maximum Gasteiger partial charge on any atom is 0.246 e. The Morgan fingerprint density at radius 2 is 1.67 bits per heavy atom. The van der Waals surface area contributed by atoms with Crippen LogP contribution in [0.3, 0.4) is 0 Å². The Morgan fingerprint density at radius 3 is 2.33 bits per heavy atom. The Labute approximate surface area is 193 Å². The lowest BCUT2D eigenvalue weighted by molar-refractivity contribution is -0.141. The standard InChI is InChI=1S/C26H29N3O4/c27-24(31)23-12-7-13-29(23)26(33)22(14-17-8-3-1-4-9-17)28-25(32)21-16-19(30)15-20(21)18-10-5-2-6-11-18/h1-6,8-11,20-23H,7,12-16H2,(H2,27,31)(H,28,32)/t20-,21-,22-,23-/m0/s1. The summed E-state index contributed by atoms with van der Waals surface area (Å²) in [6.45, 7) is 0.433. The van der Waals surface area contributed by atoms with Crippen LogP contribution in [0.25, 0.3) is 0 Å². The van der Waals surface area contributed by atoms with E-state index in [1.165, 1.54) is 4.90 Å². The first-order valence-electron chi connectivity index (χ1n) is 11.4. The van der Waals surface area contributed by atoms with Gasteiger partial charge in [0.25, 0.3) is 0 Å². The van der Waals surface area contributed by atoms with Crippen molar-refractivity contribution in [3.8, 4) is 0 Å². The average molecular weight is 448 g/mol. The molecule has 2 aromatic carbocycles. The van der Waals surface area contributed by atoms with Gasteiger partial charge >= 0.3 is 0 Å². The molecule has 33 heavy (non-hydrogen) atoms. The van der Waals surface area contributed by atoms with Crippen LogP contribution in [0.2, 0.25) is 0 Å². The number of ketones is 1. The van der Waals surface area contributed by atoms with E-state index in [0.29, 0.717) is 32.2 Å². The minimum atomic E-state index is -0.841. The summed E-state index contributed by atoms with van der Waals surface area (Å²) in [6, 6.07) is 17.5. The van der Waals surface area contributed by atoms with Crippen LogP contribution in [0.5, 0.6) is 0 Å². The number of hydrogen-bond donors (Lipinski definition) is 2. The fraction of sp³-hybridized carbons (Fsp3) is 0.385. The van der Waals surface area contributed by atoms with Crippen molar-refractivity contribution in [2.24, 2.45) is 11.7 Å². The highest BCUT2D eigenvalue weighted by Gasteiger charge is 2.41. The Hall–Kier alpha value is -3.48. The maximum absolute atomic E-state index is 13.5. The van der Waals surface area contributed by atoms with Gasteiger partial charge in [-0.1, -0.05) is 60.7 Å². The Kier molecular flexibility index (Phi) is 6.87. The van der Waals surface area contributed by atoms with E-state index < -0.39 is 23.9 Å². The van der Waals surface area contributed by atoms with E-state index in [2.05, 4.69) is 5.32 Å². The second-order valence-corrected chi connectivity index (χ2v) is 8.91. The second kappa shape index (κ2) is 9.98. The van der Waals surface area contributed by atoms with E-state index in [1.807, 2.05) is 60.7 Å². The SMILES string of the molecule is NC(=O)[C@@H]1CCCN1C(=O)[C@H](Cc1ccccc1)NC(=O)[C@H]1CC(=O)C[C@H]1c1ccccc1. The van der Waals surface area contributed by atoms with E-state index in [1.54, 1.807) is 0 Å². The van der Waals surface area contributed by atoms with Gasteiger partial charge in [0.1, 0.15) is 17.9 Å². The number of hydrogen-bond acceptors (Lipinski definition) is 4. The van der Waals surface area contributed by atoms with Crippen LogP contribution >= 0.6 is 0 Å². The third-order valence-electron chi connectivity index (χ3n) is 6.71. The molecule has 1 saturated carbocycles. The average Bonchev–Trinajstić information content (AvgIpc) is 3.46. The molecular weight excluding hydrogens is 418 g/mol. The summed E-state index contributed by atoms with van der Waals surface area (Å²) < 4.78 is 0. The molecule has 2 aromatic rings. The lowest BCUT2D eigenvalue weighted by atomic mass is 9.88. The number of likely N-dealkylation sites (tertiary alicyclic amines) is 1. The lowest BCUT2D eigenvalue weighted by Gasteiger charge is -2.29. The Balaban J connectivity index is 1.56. The molecule has 4 atom stereocenters. The first-order chi connectivity index (χ1) is 15.9. The number of nitrogens with zero attached hydrogens (tertiary/aromatic N) is 1. The monoisotopic (exact) mass is 447 g/mol. The minimum absolute atomic E-state index is 0.0447. The third-order valence-corrected chi connectivity index (χ3v) is 6.71. The van der Waals surface area contributed by atoms with Crippen LogP contribution in [-0.2, 0) is 25.6 Å². The highest BCUT2D eigenvalue weighted by molar-refractivity contribution is 5.95. The van der Waals surface area contributed by atoms with Crippen LogP contribution < -0.4 is 11.1 Å². The molecule has 1 aliphatic heterocycles. The minimum Gasteiger partial charge on any atom is -0.368 e. The molecule has 4 rings (SSSR count). The quantitative estimate of drug-likeness (QED) is 0.676. The van der Waals surface area contributed by atoms with Gasteiger partial charge in [0.2, 0.25) is 17.7 Å². The van der Waals surface area contributed by atoms with Crippen molar-refractivity contribution in [2.75, 3.05) is 6.54 Å². The second-order valence-electron chi connectivity index (χ2n) is 8.91. The van der Waals surface area contributed by atoms with Gasteiger partial charge in [0, 0.05) is 31.7 Å². The van der Waals surface area contributed by atoms with E-state index in [0.717, 1.165) is 11.1 Å². The fourth-order valence-corrected chi connectivity index (χ4v) is 5.04. The maximum atomic E-state index is 13.5. The summed E-state index contributed by atoms with van der Waals surface area (Å²) in [5, 5.41) is 2.93. The normalized spacial score (nSPS) is 23.3. The van der Waals surface area contributed by atoms with Gasteiger partial charge in [-0.3, -0.25) is 19.2 Å². The van der Waals surface area contributed by atoms with Gasteiger partial charge in [-0.05, 0) is 24.0 Å². The van der Waals surface area contributed by atoms with E-state index in [-0.39, 0.29) is 29.9 Å². The number of nitrogens with two attached hydrogens (primary N) is 1. The lowest BCUT2D eigenvalue weighted by Crippen LogP contribution is -2.54. The van der Waals surface area contributed by atoms with E-state index in [4.69, 9.17) is 5.73 Å². The van der Waals surface area contributed by atoms with Gasteiger partial charge in [-0.25, -0.2) is 0 Å². The van der Waals surface area contributed by atoms with Crippen molar-refractivity contribution < 1.29 is 19.2 Å². The summed E-state index contributed by atoms with van der Waals surface area (Å²) >= 11 is 0. The van der Waals surface area contributed by atoms with Gasteiger partial charge in [0.15, 0.2) is 0 Å². The molecule has 3 N–H and O–H groups in total. The predicted octanol–water partition coefficient (Wildman–Crippen LogP) is 1.95. The van der Waals surface area contributed by atoms with Crippen molar-refractivity contribution in [1.82, 2.24) is 10.2 Å². The van der Waals surface area contributed by atoms with E-state index >= 15 is 0 Å². The van der Waals surface area contributed by atoms with Gasteiger partial charge < -0.3 is 16.0 Å². The molecule has 0 radical (unpaired) electrons. The van der Waals surface area contributed by atoms with Crippen LogP contribution in [0.1, 0.15) is 42.7 Å². The van der Waals surface area contributed by atoms with Crippen molar-refractivity contribution in [2.45, 2.75) is 50.1 Å². The third kappa shape index (κ3) is 5.13.